The Bertz CT molecular complexity index is 886. The second-order valence-electron chi connectivity index (χ2n) is 9.53. The number of likely N-dealkylation sites (tertiary alicyclic amines) is 1. The number of amides is 3. The molecule has 1 unspecified atom stereocenters. The summed E-state index contributed by atoms with van der Waals surface area (Å²) in [6.07, 6.45) is 6.66. The normalized spacial score (nSPS) is 27.0. The van der Waals surface area contributed by atoms with Crippen LogP contribution in [0.2, 0.25) is 0 Å². The van der Waals surface area contributed by atoms with Crippen LogP contribution in [0.5, 0.6) is 0 Å². The van der Waals surface area contributed by atoms with Crippen LogP contribution in [0.15, 0.2) is 18.2 Å². The van der Waals surface area contributed by atoms with Crippen molar-refractivity contribution in [1.29, 1.82) is 0 Å². The van der Waals surface area contributed by atoms with E-state index in [-0.39, 0.29) is 29.7 Å². The predicted octanol–water partition coefficient (Wildman–Crippen LogP) is 1.54. The number of nitrogens with zero attached hydrogens (tertiary/aromatic N) is 2. The molecule has 1 aliphatic carbocycles. The lowest BCUT2D eigenvalue weighted by molar-refractivity contribution is -0.136. The van der Waals surface area contributed by atoms with E-state index in [4.69, 9.17) is 5.73 Å². The first-order chi connectivity index (χ1) is 14.4. The Morgan fingerprint density at radius 2 is 1.87 bits per heavy atom. The number of benzene rings is 1. The van der Waals surface area contributed by atoms with Crippen LogP contribution in [0, 0.1) is 5.92 Å². The van der Waals surface area contributed by atoms with Crippen molar-refractivity contribution in [2.24, 2.45) is 11.7 Å². The minimum atomic E-state index is -0.555. The molecule has 2 saturated heterocycles. The quantitative estimate of drug-likeness (QED) is 0.734. The molecule has 0 bridgehead atoms. The highest BCUT2D eigenvalue weighted by Gasteiger charge is 2.42. The molecule has 7 heteroatoms. The van der Waals surface area contributed by atoms with Gasteiger partial charge in [-0.3, -0.25) is 24.6 Å². The monoisotopic (exact) mass is 410 g/mol. The number of hydrogen-bond donors (Lipinski definition) is 2. The number of piperidine rings is 2. The van der Waals surface area contributed by atoms with Gasteiger partial charge in [0.2, 0.25) is 11.8 Å². The van der Waals surface area contributed by atoms with Crippen molar-refractivity contribution in [3.05, 3.63) is 34.9 Å². The molecule has 3 heterocycles. The summed E-state index contributed by atoms with van der Waals surface area (Å²) >= 11 is 0. The molecule has 1 atom stereocenters. The van der Waals surface area contributed by atoms with Gasteiger partial charge in [-0.15, -0.1) is 0 Å². The third kappa shape index (κ3) is 3.44. The van der Waals surface area contributed by atoms with Crippen LogP contribution in [-0.2, 0) is 22.7 Å². The van der Waals surface area contributed by atoms with Crippen molar-refractivity contribution in [3.63, 3.8) is 0 Å². The summed E-state index contributed by atoms with van der Waals surface area (Å²) in [6.45, 7) is 3.46. The maximum absolute atomic E-state index is 12.8. The van der Waals surface area contributed by atoms with Gasteiger partial charge in [0.15, 0.2) is 0 Å². The van der Waals surface area contributed by atoms with Crippen LogP contribution in [0.3, 0.4) is 0 Å². The maximum Gasteiger partial charge on any atom is 0.255 e. The second-order valence-corrected chi connectivity index (χ2v) is 9.53. The van der Waals surface area contributed by atoms with Crippen molar-refractivity contribution in [1.82, 2.24) is 15.1 Å². The average Bonchev–Trinajstić information content (AvgIpc) is 3.02. The van der Waals surface area contributed by atoms with E-state index in [9.17, 15) is 14.4 Å². The van der Waals surface area contributed by atoms with Gasteiger partial charge in [0, 0.05) is 30.6 Å². The van der Waals surface area contributed by atoms with Crippen LogP contribution < -0.4 is 11.1 Å². The molecular weight excluding hydrogens is 380 g/mol. The molecule has 30 heavy (non-hydrogen) atoms. The SMILES string of the molecule is NC1(C2CCN(Cc3ccc4c(c3)CN(C3CCC(=O)NC3=O)C4=O)CC2)CCC1. The number of imide groups is 1. The first-order valence-electron chi connectivity index (χ1n) is 11.2. The summed E-state index contributed by atoms with van der Waals surface area (Å²) in [5, 5.41) is 2.35. The number of nitrogens with one attached hydrogen (secondary N) is 1. The van der Waals surface area contributed by atoms with Crippen molar-refractivity contribution in [2.45, 2.75) is 69.6 Å². The Hall–Kier alpha value is -2.25. The van der Waals surface area contributed by atoms with E-state index >= 15 is 0 Å². The lowest BCUT2D eigenvalue weighted by atomic mass is 9.66. The smallest absolute Gasteiger partial charge is 0.255 e. The van der Waals surface area contributed by atoms with Gasteiger partial charge in [0.25, 0.3) is 5.91 Å². The Morgan fingerprint density at radius 1 is 1.10 bits per heavy atom. The van der Waals surface area contributed by atoms with Crippen molar-refractivity contribution in [3.8, 4) is 0 Å². The second kappa shape index (κ2) is 7.46. The highest BCUT2D eigenvalue weighted by molar-refractivity contribution is 6.05. The third-order valence-electron chi connectivity index (χ3n) is 7.68. The minimum Gasteiger partial charge on any atom is -0.325 e. The van der Waals surface area contributed by atoms with Gasteiger partial charge in [-0.2, -0.15) is 0 Å². The minimum absolute atomic E-state index is 0.0967. The van der Waals surface area contributed by atoms with E-state index in [1.54, 1.807) is 4.90 Å². The van der Waals surface area contributed by atoms with E-state index in [2.05, 4.69) is 16.3 Å². The van der Waals surface area contributed by atoms with Gasteiger partial charge in [0.05, 0.1) is 0 Å². The lowest BCUT2D eigenvalue weighted by Crippen LogP contribution is -2.55. The molecule has 3 fully saturated rings. The fraction of sp³-hybridized carbons (Fsp3) is 0.609. The van der Waals surface area contributed by atoms with Crippen LogP contribution in [0.4, 0.5) is 0 Å². The molecule has 3 amide bonds. The number of carbonyl (C=O) groups is 3. The van der Waals surface area contributed by atoms with E-state index < -0.39 is 6.04 Å². The van der Waals surface area contributed by atoms with Gasteiger partial charge >= 0.3 is 0 Å². The van der Waals surface area contributed by atoms with Crippen LogP contribution >= 0.6 is 0 Å². The summed E-state index contributed by atoms with van der Waals surface area (Å²) in [7, 11) is 0. The number of carbonyl (C=O) groups excluding carboxylic acids is 3. The molecule has 3 N–H and O–H groups in total. The van der Waals surface area contributed by atoms with Crippen molar-refractivity contribution >= 4 is 17.7 Å². The summed E-state index contributed by atoms with van der Waals surface area (Å²) in [5.74, 6) is -0.0770. The standard InChI is InChI=1S/C23H30N4O3/c24-23(8-1-9-23)17-6-10-26(11-7-17)13-15-2-3-18-16(12-15)14-27(22(18)30)19-4-5-20(28)25-21(19)29/h2-3,12,17,19H,1,4-11,13-14,24H2,(H,25,28,29). The summed E-state index contributed by atoms with van der Waals surface area (Å²) in [6, 6.07) is 5.49. The first-order valence-corrected chi connectivity index (χ1v) is 11.2. The Kier molecular flexibility index (Phi) is 4.90. The molecular formula is C23H30N4O3. The molecule has 5 rings (SSSR count). The van der Waals surface area contributed by atoms with Crippen LogP contribution in [0.25, 0.3) is 0 Å². The largest absolute Gasteiger partial charge is 0.325 e. The van der Waals surface area contributed by atoms with Crippen molar-refractivity contribution in [2.75, 3.05) is 13.1 Å². The average molecular weight is 411 g/mol. The van der Waals surface area contributed by atoms with Gasteiger partial charge in [0.1, 0.15) is 6.04 Å². The predicted molar refractivity (Wildman–Crippen MR) is 111 cm³/mol. The van der Waals surface area contributed by atoms with E-state index in [0.717, 1.165) is 25.2 Å². The van der Waals surface area contributed by atoms with Gasteiger partial charge in [-0.25, -0.2) is 0 Å². The zero-order valence-corrected chi connectivity index (χ0v) is 17.4. The molecule has 1 aromatic carbocycles. The maximum atomic E-state index is 12.8. The molecule has 1 saturated carbocycles. The summed E-state index contributed by atoms with van der Waals surface area (Å²) in [5.41, 5.74) is 9.50. The Balaban J connectivity index is 1.22. The van der Waals surface area contributed by atoms with E-state index in [1.165, 1.54) is 37.7 Å². The molecule has 0 radical (unpaired) electrons. The molecule has 160 valence electrons. The van der Waals surface area contributed by atoms with E-state index in [1.807, 2.05) is 12.1 Å². The molecule has 3 aliphatic heterocycles. The zero-order chi connectivity index (χ0) is 20.9. The van der Waals surface area contributed by atoms with Gasteiger partial charge in [-0.05, 0) is 74.7 Å². The first kappa shape index (κ1) is 19.7. The summed E-state index contributed by atoms with van der Waals surface area (Å²) in [4.78, 5) is 40.5. The van der Waals surface area contributed by atoms with E-state index in [0.29, 0.717) is 24.4 Å². The topological polar surface area (TPSA) is 95.7 Å². The fourth-order valence-corrected chi connectivity index (χ4v) is 5.64. The molecule has 0 spiro atoms. The van der Waals surface area contributed by atoms with Crippen molar-refractivity contribution < 1.29 is 14.4 Å². The van der Waals surface area contributed by atoms with Gasteiger partial charge in [-0.1, -0.05) is 12.1 Å². The number of rotatable bonds is 4. The Labute approximate surface area is 177 Å². The number of hydrogen-bond acceptors (Lipinski definition) is 5. The Morgan fingerprint density at radius 3 is 2.53 bits per heavy atom. The molecule has 7 nitrogen and oxygen atoms in total. The van der Waals surface area contributed by atoms with Crippen LogP contribution in [0.1, 0.15) is 66.4 Å². The number of fused-ring (bicyclic) bond motifs is 1. The molecule has 4 aliphatic rings. The molecule has 1 aromatic rings. The third-order valence-corrected chi connectivity index (χ3v) is 7.68. The summed E-state index contributed by atoms with van der Waals surface area (Å²) < 4.78 is 0. The van der Waals surface area contributed by atoms with Gasteiger partial charge < -0.3 is 10.6 Å². The highest BCUT2D eigenvalue weighted by Crippen LogP contribution is 2.41. The fourth-order valence-electron chi connectivity index (χ4n) is 5.64. The lowest BCUT2D eigenvalue weighted by Gasteiger charge is -2.48. The zero-order valence-electron chi connectivity index (χ0n) is 17.4. The highest BCUT2D eigenvalue weighted by atomic mass is 16.2. The number of nitrogens with two attached hydrogens (primary N) is 1. The van der Waals surface area contributed by atoms with Crippen LogP contribution in [-0.4, -0.2) is 52.2 Å². The molecule has 0 aromatic heterocycles.